The molecule has 0 spiro atoms. The third-order valence-electron chi connectivity index (χ3n) is 4.34. The summed E-state index contributed by atoms with van der Waals surface area (Å²) in [5.74, 6) is 0.798. The van der Waals surface area contributed by atoms with Gasteiger partial charge in [-0.3, -0.25) is 0 Å². The van der Waals surface area contributed by atoms with Crippen LogP contribution in [0.15, 0.2) is 46.3 Å². The van der Waals surface area contributed by atoms with E-state index in [-0.39, 0.29) is 0 Å². The standard InChI is InChI=1S/C17H19N3OS/c1-2-6-14(7-3-1)20-16-9-5-4-8-15(16)18-17(20)22-12-13-10-11-21-19-13/h4-5,8-11,14H,1-3,6-7,12H2. The fourth-order valence-electron chi connectivity index (χ4n) is 3.27. The van der Waals surface area contributed by atoms with Crippen molar-refractivity contribution in [3.8, 4) is 0 Å². The zero-order chi connectivity index (χ0) is 14.8. The van der Waals surface area contributed by atoms with Gasteiger partial charge in [-0.1, -0.05) is 48.3 Å². The second-order valence-corrected chi connectivity index (χ2v) is 6.77. The number of fused-ring (bicyclic) bond motifs is 1. The maximum absolute atomic E-state index is 4.92. The molecule has 22 heavy (non-hydrogen) atoms. The second-order valence-electron chi connectivity index (χ2n) is 5.82. The Morgan fingerprint density at radius 3 is 2.82 bits per heavy atom. The predicted octanol–water partition coefficient (Wildman–Crippen LogP) is 4.82. The number of benzene rings is 1. The van der Waals surface area contributed by atoms with Gasteiger partial charge in [0, 0.05) is 17.9 Å². The van der Waals surface area contributed by atoms with Crippen LogP contribution in [0.2, 0.25) is 0 Å². The minimum absolute atomic E-state index is 0.584. The van der Waals surface area contributed by atoms with Crippen LogP contribution in [0.1, 0.15) is 43.8 Å². The molecule has 0 saturated heterocycles. The fourth-order valence-corrected chi connectivity index (χ4v) is 4.24. The van der Waals surface area contributed by atoms with Crippen LogP contribution in [-0.4, -0.2) is 14.7 Å². The van der Waals surface area contributed by atoms with Gasteiger partial charge in [0.25, 0.3) is 0 Å². The Labute approximate surface area is 133 Å². The minimum atomic E-state index is 0.584. The quantitative estimate of drug-likeness (QED) is 0.648. The summed E-state index contributed by atoms with van der Waals surface area (Å²) in [6.45, 7) is 0. The maximum atomic E-state index is 4.92. The SMILES string of the molecule is c1ccc2c(c1)nc(SCc1ccon1)n2C1CCCCC1. The van der Waals surface area contributed by atoms with Gasteiger partial charge in [0.05, 0.1) is 16.7 Å². The summed E-state index contributed by atoms with van der Waals surface area (Å²) in [5.41, 5.74) is 3.32. The first-order valence-corrected chi connectivity index (χ1v) is 8.89. The highest BCUT2D eigenvalue weighted by Gasteiger charge is 2.21. The number of hydrogen-bond acceptors (Lipinski definition) is 4. The van der Waals surface area contributed by atoms with E-state index in [9.17, 15) is 0 Å². The summed E-state index contributed by atoms with van der Waals surface area (Å²) < 4.78 is 7.38. The van der Waals surface area contributed by atoms with Crippen molar-refractivity contribution in [1.82, 2.24) is 14.7 Å². The van der Waals surface area contributed by atoms with Crippen molar-refractivity contribution in [3.05, 3.63) is 42.3 Å². The number of nitrogens with zero attached hydrogens (tertiary/aromatic N) is 3. The van der Waals surface area contributed by atoms with Crippen LogP contribution < -0.4 is 0 Å². The van der Waals surface area contributed by atoms with Gasteiger partial charge in [-0.05, 0) is 25.0 Å². The molecule has 0 radical (unpaired) electrons. The first-order chi connectivity index (χ1) is 10.9. The lowest BCUT2D eigenvalue weighted by Gasteiger charge is -2.25. The van der Waals surface area contributed by atoms with Gasteiger partial charge in [0.2, 0.25) is 0 Å². The van der Waals surface area contributed by atoms with Crippen LogP contribution in [0, 0.1) is 0 Å². The molecule has 0 bridgehead atoms. The summed E-state index contributed by atoms with van der Waals surface area (Å²) in [6, 6.07) is 11.0. The third kappa shape index (κ3) is 2.65. The number of hydrogen-bond donors (Lipinski definition) is 0. The number of rotatable bonds is 4. The Morgan fingerprint density at radius 2 is 2.00 bits per heavy atom. The van der Waals surface area contributed by atoms with Crippen molar-refractivity contribution >= 4 is 22.8 Å². The monoisotopic (exact) mass is 313 g/mol. The average Bonchev–Trinajstić information content (AvgIpc) is 3.21. The second kappa shape index (κ2) is 6.16. The van der Waals surface area contributed by atoms with Gasteiger partial charge in [0.15, 0.2) is 5.16 Å². The molecule has 1 fully saturated rings. The first kappa shape index (κ1) is 13.9. The van der Waals surface area contributed by atoms with Crippen molar-refractivity contribution in [1.29, 1.82) is 0 Å². The topological polar surface area (TPSA) is 43.9 Å². The number of thioether (sulfide) groups is 1. The number of para-hydroxylation sites is 2. The molecule has 2 aromatic heterocycles. The Balaban J connectivity index is 1.69. The summed E-state index contributed by atoms with van der Waals surface area (Å²) in [5, 5.41) is 5.10. The van der Waals surface area contributed by atoms with Crippen molar-refractivity contribution < 1.29 is 4.52 Å². The van der Waals surface area contributed by atoms with E-state index in [1.54, 1.807) is 18.0 Å². The molecule has 114 valence electrons. The Hall–Kier alpha value is -1.75. The van der Waals surface area contributed by atoms with Gasteiger partial charge in [-0.2, -0.15) is 0 Å². The van der Waals surface area contributed by atoms with E-state index in [1.165, 1.54) is 37.6 Å². The lowest BCUT2D eigenvalue weighted by atomic mass is 9.95. The minimum Gasteiger partial charge on any atom is -0.364 e. The number of aromatic nitrogens is 3. The molecule has 1 aliphatic rings. The van der Waals surface area contributed by atoms with Crippen LogP contribution in [0.25, 0.3) is 11.0 Å². The molecule has 1 aromatic carbocycles. The van der Waals surface area contributed by atoms with E-state index in [4.69, 9.17) is 9.51 Å². The van der Waals surface area contributed by atoms with Crippen LogP contribution in [0.5, 0.6) is 0 Å². The predicted molar refractivity (Wildman–Crippen MR) is 87.9 cm³/mol. The summed E-state index contributed by atoms with van der Waals surface area (Å²) >= 11 is 1.75. The normalized spacial score (nSPS) is 16.4. The molecule has 4 rings (SSSR count). The summed E-state index contributed by atoms with van der Waals surface area (Å²) in [6.07, 6.45) is 8.16. The Bertz CT molecular complexity index is 744. The van der Waals surface area contributed by atoms with Crippen LogP contribution >= 0.6 is 11.8 Å². The largest absolute Gasteiger partial charge is 0.364 e. The molecule has 0 N–H and O–H groups in total. The highest BCUT2D eigenvalue weighted by atomic mass is 32.2. The smallest absolute Gasteiger partial charge is 0.169 e. The van der Waals surface area contributed by atoms with Gasteiger partial charge >= 0.3 is 0 Å². The third-order valence-corrected chi connectivity index (χ3v) is 5.33. The molecule has 2 heterocycles. The fraction of sp³-hybridized carbons (Fsp3) is 0.412. The van der Waals surface area contributed by atoms with E-state index < -0.39 is 0 Å². The maximum Gasteiger partial charge on any atom is 0.169 e. The van der Waals surface area contributed by atoms with E-state index in [1.807, 2.05) is 6.07 Å². The van der Waals surface area contributed by atoms with Crippen molar-refractivity contribution in [2.24, 2.45) is 0 Å². The Kier molecular flexibility index (Phi) is 3.89. The zero-order valence-electron chi connectivity index (χ0n) is 12.4. The van der Waals surface area contributed by atoms with Crippen molar-refractivity contribution in [3.63, 3.8) is 0 Å². The van der Waals surface area contributed by atoms with E-state index in [0.717, 1.165) is 22.1 Å². The highest BCUT2D eigenvalue weighted by Crippen LogP contribution is 2.36. The molecule has 0 amide bonds. The lowest BCUT2D eigenvalue weighted by Crippen LogP contribution is -2.13. The molecule has 0 unspecified atom stereocenters. The Morgan fingerprint density at radius 1 is 1.14 bits per heavy atom. The molecule has 3 aromatic rings. The van der Waals surface area contributed by atoms with E-state index in [2.05, 4.69) is 34.0 Å². The molecule has 5 heteroatoms. The average molecular weight is 313 g/mol. The molecule has 1 saturated carbocycles. The van der Waals surface area contributed by atoms with Crippen LogP contribution in [-0.2, 0) is 5.75 Å². The van der Waals surface area contributed by atoms with Gasteiger partial charge in [-0.25, -0.2) is 4.98 Å². The van der Waals surface area contributed by atoms with E-state index >= 15 is 0 Å². The summed E-state index contributed by atoms with van der Waals surface area (Å²) in [4.78, 5) is 4.85. The molecule has 0 aliphatic heterocycles. The zero-order valence-corrected chi connectivity index (χ0v) is 13.3. The van der Waals surface area contributed by atoms with Gasteiger partial charge in [0.1, 0.15) is 6.26 Å². The van der Waals surface area contributed by atoms with Gasteiger partial charge in [-0.15, -0.1) is 0 Å². The van der Waals surface area contributed by atoms with Crippen LogP contribution in [0.3, 0.4) is 0 Å². The van der Waals surface area contributed by atoms with Gasteiger partial charge < -0.3 is 9.09 Å². The first-order valence-electron chi connectivity index (χ1n) is 7.91. The van der Waals surface area contributed by atoms with Crippen molar-refractivity contribution in [2.75, 3.05) is 0 Å². The van der Waals surface area contributed by atoms with Crippen LogP contribution in [0.4, 0.5) is 0 Å². The molecule has 4 nitrogen and oxygen atoms in total. The molecule has 1 aliphatic carbocycles. The lowest BCUT2D eigenvalue weighted by molar-refractivity contribution is 0.343. The number of imidazole rings is 1. The summed E-state index contributed by atoms with van der Waals surface area (Å²) in [7, 11) is 0. The molecular weight excluding hydrogens is 294 g/mol. The van der Waals surface area contributed by atoms with Crippen molar-refractivity contribution in [2.45, 2.75) is 49.1 Å². The van der Waals surface area contributed by atoms with E-state index in [0.29, 0.717) is 6.04 Å². The molecular formula is C17H19N3OS. The highest BCUT2D eigenvalue weighted by molar-refractivity contribution is 7.98. The molecule has 0 atom stereocenters.